The number of carbonyl (C=O) groups excluding carboxylic acids is 2. The largest absolute Gasteiger partial charge is 0.469 e. The molecule has 0 bridgehead atoms. The number of methoxy groups -OCH3 is 1. The number of hydrogen-bond acceptors (Lipinski definition) is 5. The van der Waals surface area contributed by atoms with Crippen molar-refractivity contribution in [2.45, 2.75) is 25.3 Å². The molecule has 7 nitrogen and oxygen atoms in total. The summed E-state index contributed by atoms with van der Waals surface area (Å²) in [5.41, 5.74) is 8.20. The minimum absolute atomic E-state index is 0.369. The SMILES string of the molecule is COC(=O)[C@H](CCCCN=C=O)N=[N+]=[N-]. The molecule has 1 atom stereocenters. The molecule has 0 aromatic rings. The van der Waals surface area contributed by atoms with Gasteiger partial charge in [-0.2, -0.15) is 0 Å². The van der Waals surface area contributed by atoms with Crippen LogP contribution in [0.5, 0.6) is 0 Å². The van der Waals surface area contributed by atoms with Crippen LogP contribution in [0, 0.1) is 0 Å². The van der Waals surface area contributed by atoms with E-state index in [4.69, 9.17) is 5.53 Å². The van der Waals surface area contributed by atoms with Gasteiger partial charge in [0.05, 0.1) is 13.7 Å². The van der Waals surface area contributed by atoms with Gasteiger partial charge in [-0.15, -0.1) is 0 Å². The maximum atomic E-state index is 11.0. The standard InChI is InChI=1S/C8H12N4O3/c1-15-8(14)7(11-12-9)4-2-3-5-10-6-13/h7H,2-5H2,1H3/t7-/m0/s1. The Morgan fingerprint density at radius 1 is 1.60 bits per heavy atom. The number of unbranched alkanes of at least 4 members (excludes halogenated alkanes) is 1. The Hall–Kier alpha value is -1.84. The Balaban J connectivity index is 3.91. The molecule has 0 unspecified atom stereocenters. The summed E-state index contributed by atoms with van der Waals surface area (Å²) in [5.74, 6) is -0.549. The number of nitrogens with zero attached hydrogens (tertiary/aromatic N) is 4. The highest BCUT2D eigenvalue weighted by Crippen LogP contribution is 2.07. The van der Waals surface area contributed by atoms with Gasteiger partial charge in [-0.05, 0) is 18.4 Å². The fraction of sp³-hybridized carbons (Fsp3) is 0.750. The highest BCUT2D eigenvalue weighted by Gasteiger charge is 2.16. The van der Waals surface area contributed by atoms with Crippen LogP contribution in [0.2, 0.25) is 0 Å². The number of hydrogen-bond donors (Lipinski definition) is 0. The molecule has 0 saturated heterocycles. The summed E-state index contributed by atoms with van der Waals surface area (Å²) in [4.78, 5) is 26.7. The van der Waals surface area contributed by atoms with Crippen molar-refractivity contribution in [2.24, 2.45) is 10.1 Å². The number of aliphatic imine (C=N–C) groups is 1. The first kappa shape index (κ1) is 13.2. The molecule has 0 saturated carbocycles. The highest BCUT2D eigenvalue weighted by molar-refractivity contribution is 5.75. The first-order valence-corrected chi connectivity index (χ1v) is 4.42. The quantitative estimate of drug-likeness (QED) is 0.121. The second-order valence-electron chi connectivity index (χ2n) is 2.71. The van der Waals surface area contributed by atoms with Crippen molar-refractivity contribution in [1.82, 2.24) is 0 Å². The van der Waals surface area contributed by atoms with Crippen LogP contribution in [0.4, 0.5) is 0 Å². The van der Waals surface area contributed by atoms with E-state index in [0.717, 1.165) is 0 Å². The average Bonchev–Trinajstić information content (AvgIpc) is 2.26. The minimum atomic E-state index is -0.791. The fourth-order valence-electron chi connectivity index (χ4n) is 0.995. The van der Waals surface area contributed by atoms with Crippen LogP contribution in [0.15, 0.2) is 10.1 Å². The third-order valence-electron chi connectivity index (χ3n) is 1.73. The second kappa shape index (κ2) is 8.74. The molecule has 0 fully saturated rings. The van der Waals surface area contributed by atoms with Gasteiger partial charge in [0.25, 0.3) is 0 Å². The van der Waals surface area contributed by atoms with Crippen LogP contribution >= 0.6 is 0 Å². The van der Waals surface area contributed by atoms with E-state index in [1.807, 2.05) is 0 Å². The minimum Gasteiger partial charge on any atom is -0.469 e. The number of rotatable bonds is 7. The van der Waals surface area contributed by atoms with Crippen molar-refractivity contribution >= 4 is 12.0 Å². The van der Waals surface area contributed by atoms with Crippen molar-refractivity contribution < 1.29 is 14.3 Å². The van der Waals surface area contributed by atoms with Gasteiger partial charge in [0.15, 0.2) is 0 Å². The lowest BCUT2D eigenvalue weighted by Gasteiger charge is -2.06. The van der Waals surface area contributed by atoms with E-state index in [9.17, 15) is 9.59 Å². The van der Waals surface area contributed by atoms with Crippen LogP contribution in [0.3, 0.4) is 0 Å². The van der Waals surface area contributed by atoms with Crippen molar-refractivity contribution in [3.8, 4) is 0 Å². The van der Waals surface area contributed by atoms with Gasteiger partial charge in [0, 0.05) is 4.91 Å². The van der Waals surface area contributed by atoms with E-state index in [-0.39, 0.29) is 0 Å². The van der Waals surface area contributed by atoms with E-state index in [1.165, 1.54) is 13.2 Å². The molecule has 0 heterocycles. The zero-order valence-corrected chi connectivity index (χ0v) is 8.42. The van der Waals surface area contributed by atoms with Gasteiger partial charge >= 0.3 is 5.97 Å². The summed E-state index contributed by atoms with van der Waals surface area (Å²) in [6, 6.07) is -0.791. The topological polar surface area (TPSA) is 104 Å². The lowest BCUT2D eigenvalue weighted by atomic mass is 10.1. The molecule has 0 aromatic carbocycles. The normalized spacial score (nSPS) is 10.7. The molecule has 0 aliphatic heterocycles. The molecular weight excluding hydrogens is 200 g/mol. The van der Waals surface area contributed by atoms with Crippen molar-refractivity contribution in [2.75, 3.05) is 13.7 Å². The predicted octanol–water partition coefficient (Wildman–Crippen LogP) is 1.34. The summed E-state index contributed by atoms with van der Waals surface area (Å²) >= 11 is 0. The number of ether oxygens (including phenoxy) is 1. The van der Waals surface area contributed by atoms with Crippen molar-refractivity contribution in [1.29, 1.82) is 0 Å². The molecule has 0 radical (unpaired) electrons. The Labute approximate surface area is 86.8 Å². The molecule has 82 valence electrons. The Morgan fingerprint density at radius 3 is 2.87 bits per heavy atom. The first-order chi connectivity index (χ1) is 7.26. The molecular formula is C8H12N4O3. The van der Waals surface area contributed by atoms with Gasteiger partial charge in [-0.25, -0.2) is 9.79 Å². The third-order valence-corrected chi connectivity index (χ3v) is 1.73. The van der Waals surface area contributed by atoms with E-state index < -0.39 is 12.0 Å². The van der Waals surface area contributed by atoms with Crippen LogP contribution in [0.25, 0.3) is 10.4 Å². The maximum Gasteiger partial charge on any atom is 0.314 e. The van der Waals surface area contributed by atoms with E-state index in [2.05, 4.69) is 19.8 Å². The molecule has 0 aliphatic rings. The Bertz CT molecular complexity index is 292. The molecule has 0 rings (SSSR count). The third kappa shape index (κ3) is 6.26. The van der Waals surface area contributed by atoms with E-state index >= 15 is 0 Å². The summed E-state index contributed by atoms with van der Waals surface area (Å²) in [6.07, 6.45) is 3.08. The smallest absolute Gasteiger partial charge is 0.314 e. The molecule has 15 heavy (non-hydrogen) atoms. The summed E-state index contributed by atoms with van der Waals surface area (Å²) in [7, 11) is 1.24. The fourth-order valence-corrected chi connectivity index (χ4v) is 0.995. The number of carbonyl (C=O) groups is 1. The van der Waals surface area contributed by atoms with Crippen molar-refractivity contribution in [3.05, 3.63) is 10.4 Å². The van der Waals surface area contributed by atoms with Crippen LogP contribution in [0.1, 0.15) is 19.3 Å². The molecule has 0 spiro atoms. The lowest BCUT2D eigenvalue weighted by Crippen LogP contribution is -2.19. The molecule has 7 heteroatoms. The van der Waals surface area contributed by atoms with E-state index in [1.54, 1.807) is 0 Å². The average molecular weight is 212 g/mol. The summed E-state index contributed by atoms with van der Waals surface area (Å²) in [6.45, 7) is 0.369. The van der Waals surface area contributed by atoms with Crippen LogP contribution < -0.4 is 0 Å². The van der Waals surface area contributed by atoms with Crippen LogP contribution in [-0.2, 0) is 14.3 Å². The highest BCUT2D eigenvalue weighted by atomic mass is 16.5. The molecule has 0 aromatic heterocycles. The first-order valence-electron chi connectivity index (χ1n) is 4.42. The zero-order chi connectivity index (χ0) is 11.5. The zero-order valence-electron chi connectivity index (χ0n) is 8.42. The predicted molar refractivity (Wildman–Crippen MR) is 51.8 cm³/mol. The van der Waals surface area contributed by atoms with Crippen LogP contribution in [-0.4, -0.2) is 31.7 Å². The number of azide groups is 1. The van der Waals surface area contributed by atoms with Gasteiger partial charge in [-0.1, -0.05) is 11.5 Å². The van der Waals surface area contributed by atoms with Gasteiger partial charge in [0.2, 0.25) is 6.08 Å². The number of esters is 1. The van der Waals surface area contributed by atoms with Crippen molar-refractivity contribution in [3.63, 3.8) is 0 Å². The Kier molecular flexibility index (Phi) is 7.67. The summed E-state index contributed by atoms with van der Waals surface area (Å²) < 4.78 is 4.45. The Morgan fingerprint density at radius 2 is 2.33 bits per heavy atom. The summed E-state index contributed by atoms with van der Waals surface area (Å²) in [5, 5.41) is 3.31. The van der Waals surface area contributed by atoms with Gasteiger partial charge in [0.1, 0.15) is 6.04 Å². The lowest BCUT2D eigenvalue weighted by molar-refractivity contribution is -0.142. The monoisotopic (exact) mass is 212 g/mol. The van der Waals surface area contributed by atoms with Gasteiger partial charge < -0.3 is 4.74 Å². The molecule has 0 aliphatic carbocycles. The molecule has 0 N–H and O–H groups in total. The second-order valence-corrected chi connectivity index (χ2v) is 2.71. The number of isocyanates is 1. The molecule has 0 amide bonds. The maximum absolute atomic E-state index is 11.0. The van der Waals surface area contributed by atoms with E-state index in [0.29, 0.717) is 25.8 Å². The van der Waals surface area contributed by atoms with Gasteiger partial charge in [-0.3, -0.25) is 4.79 Å².